The van der Waals surface area contributed by atoms with Crippen LogP contribution in [0.5, 0.6) is 0 Å². The maximum Gasteiger partial charge on any atom is -0.0108 e. The van der Waals surface area contributed by atoms with Crippen LogP contribution < -0.4 is 0 Å². The van der Waals surface area contributed by atoms with Crippen molar-refractivity contribution in [3.63, 3.8) is 0 Å². The highest BCUT2D eigenvalue weighted by Crippen LogP contribution is 2.34. The molecule has 0 heterocycles. The van der Waals surface area contributed by atoms with Crippen LogP contribution in [0, 0.1) is 0 Å². The smallest absolute Gasteiger partial charge is 0.0108 e. The number of aryl methyl sites for hydroxylation is 4. The van der Waals surface area contributed by atoms with E-state index in [2.05, 4.69) is 72.8 Å². The van der Waals surface area contributed by atoms with Gasteiger partial charge in [-0.1, -0.05) is 66.7 Å². The van der Waals surface area contributed by atoms with Gasteiger partial charge in [-0.3, -0.25) is 0 Å². The van der Waals surface area contributed by atoms with Crippen molar-refractivity contribution in [1.82, 2.24) is 0 Å². The van der Waals surface area contributed by atoms with Crippen LogP contribution in [0.1, 0.15) is 46.2 Å². The van der Waals surface area contributed by atoms with Gasteiger partial charge in [-0.05, 0) is 99.5 Å². The Morgan fingerprint density at radius 1 is 0.571 bits per heavy atom. The molecule has 0 N–H and O–H groups in total. The minimum atomic E-state index is 1.23. The SMILES string of the molecule is C(=C\c1cc2c(c3ccccc13)CCC2)/c1ccc2ccc3c(c2c1)CCC3. The molecule has 0 aromatic heterocycles. The number of fused-ring (bicyclic) bond motifs is 6. The molecular weight excluding hydrogens is 336 g/mol. The summed E-state index contributed by atoms with van der Waals surface area (Å²) in [5.41, 5.74) is 8.92. The van der Waals surface area contributed by atoms with Crippen molar-refractivity contribution in [2.24, 2.45) is 0 Å². The quantitative estimate of drug-likeness (QED) is 0.333. The van der Waals surface area contributed by atoms with E-state index in [0.29, 0.717) is 0 Å². The molecule has 4 aromatic rings. The predicted molar refractivity (Wildman–Crippen MR) is 121 cm³/mol. The molecule has 0 radical (unpaired) electrons. The lowest BCUT2D eigenvalue weighted by molar-refractivity contribution is 0.913. The summed E-state index contributed by atoms with van der Waals surface area (Å²) in [5, 5.41) is 5.67. The second-order valence-electron chi connectivity index (χ2n) is 8.37. The third-order valence-corrected chi connectivity index (χ3v) is 6.74. The maximum absolute atomic E-state index is 2.43. The van der Waals surface area contributed by atoms with Crippen LogP contribution in [0.3, 0.4) is 0 Å². The molecule has 0 fully saturated rings. The predicted octanol–water partition coefficient (Wildman–Crippen LogP) is 7.14. The first-order valence-corrected chi connectivity index (χ1v) is 10.6. The molecule has 0 spiro atoms. The van der Waals surface area contributed by atoms with E-state index in [9.17, 15) is 0 Å². The molecule has 0 heteroatoms. The van der Waals surface area contributed by atoms with Gasteiger partial charge in [0.15, 0.2) is 0 Å². The zero-order chi connectivity index (χ0) is 18.5. The fraction of sp³-hybridized carbons (Fsp3) is 0.214. The van der Waals surface area contributed by atoms with Gasteiger partial charge in [0.2, 0.25) is 0 Å². The summed E-state index contributed by atoms with van der Waals surface area (Å²) in [4.78, 5) is 0. The Balaban J connectivity index is 1.46. The van der Waals surface area contributed by atoms with Gasteiger partial charge >= 0.3 is 0 Å². The van der Waals surface area contributed by atoms with Gasteiger partial charge in [-0.15, -0.1) is 0 Å². The van der Waals surface area contributed by atoms with Crippen molar-refractivity contribution in [2.75, 3.05) is 0 Å². The van der Waals surface area contributed by atoms with E-state index < -0.39 is 0 Å². The van der Waals surface area contributed by atoms with Crippen molar-refractivity contribution in [3.05, 3.63) is 94.0 Å². The third-order valence-electron chi connectivity index (χ3n) is 6.74. The van der Waals surface area contributed by atoms with Gasteiger partial charge in [-0.2, -0.15) is 0 Å². The van der Waals surface area contributed by atoms with E-state index in [1.807, 2.05) is 0 Å². The minimum absolute atomic E-state index is 1.23. The summed E-state index contributed by atoms with van der Waals surface area (Å²) in [6.07, 6.45) is 12.2. The van der Waals surface area contributed by atoms with Gasteiger partial charge in [-0.25, -0.2) is 0 Å². The monoisotopic (exact) mass is 360 g/mol. The highest BCUT2D eigenvalue weighted by atomic mass is 14.2. The van der Waals surface area contributed by atoms with E-state index in [1.54, 1.807) is 22.3 Å². The first kappa shape index (κ1) is 16.1. The average Bonchev–Trinajstić information content (AvgIpc) is 3.41. The number of rotatable bonds is 2. The van der Waals surface area contributed by atoms with Gasteiger partial charge in [0.05, 0.1) is 0 Å². The summed E-state index contributed by atoms with van der Waals surface area (Å²) in [6, 6.07) is 22.9. The molecule has 0 saturated carbocycles. The summed E-state index contributed by atoms with van der Waals surface area (Å²) in [7, 11) is 0. The molecule has 0 atom stereocenters. The van der Waals surface area contributed by atoms with Gasteiger partial charge < -0.3 is 0 Å². The van der Waals surface area contributed by atoms with Crippen LogP contribution >= 0.6 is 0 Å². The second-order valence-corrected chi connectivity index (χ2v) is 8.37. The lowest BCUT2D eigenvalue weighted by Gasteiger charge is -2.10. The van der Waals surface area contributed by atoms with Crippen molar-refractivity contribution in [2.45, 2.75) is 38.5 Å². The van der Waals surface area contributed by atoms with Crippen molar-refractivity contribution < 1.29 is 0 Å². The van der Waals surface area contributed by atoms with E-state index in [1.165, 1.54) is 71.2 Å². The average molecular weight is 361 g/mol. The Kier molecular flexibility index (Phi) is 3.65. The molecule has 28 heavy (non-hydrogen) atoms. The van der Waals surface area contributed by atoms with Crippen LogP contribution in [-0.2, 0) is 25.7 Å². The zero-order valence-electron chi connectivity index (χ0n) is 16.2. The first-order valence-electron chi connectivity index (χ1n) is 10.6. The van der Waals surface area contributed by atoms with Crippen LogP contribution in [0.25, 0.3) is 33.7 Å². The number of benzene rings is 4. The Morgan fingerprint density at radius 3 is 2.21 bits per heavy atom. The molecule has 0 saturated heterocycles. The molecule has 0 bridgehead atoms. The molecule has 0 amide bonds. The van der Waals surface area contributed by atoms with Crippen LogP contribution in [-0.4, -0.2) is 0 Å². The third kappa shape index (κ3) is 2.52. The molecular formula is C28H24. The molecule has 2 aliphatic rings. The minimum Gasteiger partial charge on any atom is -0.0616 e. The molecule has 0 aliphatic heterocycles. The summed E-state index contributed by atoms with van der Waals surface area (Å²) in [6.45, 7) is 0. The molecule has 2 aliphatic carbocycles. The molecule has 4 aromatic carbocycles. The van der Waals surface area contributed by atoms with Crippen molar-refractivity contribution in [1.29, 1.82) is 0 Å². The maximum atomic E-state index is 2.43. The summed E-state index contributed by atoms with van der Waals surface area (Å²) < 4.78 is 0. The first-order chi connectivity index (χ1) is 13.9. The van der Waals surface area contributed by atoms with E-state index in [0.717, 1.165) is 0 Å². The van der Waals surface area contributed by atoms with Crippen molar-refractivity contribution in [3.8, 4) is 0 Å². The Labute approximate surface area is 166 Å². The van der Waals surface area contributed by atoms with Crippen LogP contribution in [0.2, 0.25) is 0 Å². The van der Waals surface area contributed by atoms with Crippen molar-refractivity contribution >= 4 is 33.7 Å². The fourth-order valence-electron chi connectivity index (χ4n) is 5.35. The van der Waals surface area contributed by atoms with E-state index >= 15 is 0 Å². The summed E-state index contributed by atoms with van der Waals surface area (Å²) in [5.74, 6) is 0. The highest BCUT2D eigenvalue weighted by molar-refractivity contribution is 5.97. The largest absolute Gasteiger partial charge is 0.0616 e. The molecule has 6 rings (SSSR count). The zero-order valence-corrected chi connectivity index (χ0v) is 16.2. The number of hydrogen-bond acceptors (Lipinski definition) is 0. The topological polar surface area (TPSA) is 0 Å². The van der Waals surface area contributed by atoms with Gasteiger partial charge in [0.25, 0.3) is 0 Å². The molecule has 136 valence electrons. The lowest BCUT2D eigenvalue weighted by Crippen LogP contribution is -1.89. The van der Waals surface area contributed by atoms with E-state index in [4.69, 9.17) is 0 Å². The van der Waals surface area contributed by atoms with Crippen LogP contribution in [0.15, 0.2) is 60.7 Å². The lowest BCUT2D eigenvalue weighted by atomic mass is 9.95. The second kappa shape index (κ2) is 6.34. The van der Waals surface area contributed by atoms with E-state index in [-0.39, 0.29) is 0 Å². The van der Waals surface area contributed by atoms with Gasteiger partial charge in [0.1, 0.15) is 0 Å². The molecule has 0 unspecified atom stereocenters. The Hall–Kier alpha value is -2.86. The fourth-order valence-corrected chi connectivity index (χ4v) is 5.35. The standard InChI is InChI=1S/C28H24/c1-2-8-27-25(7-1)23(18-22-6-4-10-26(22)27)14-12-19-11-13-21-16-15-20-5-3-9-24(20)28(21)17-19/h1-2,7-8,11-18H,3-6,9-10H2/b14-12+. The Morgan fingerprint density at radius 2 is 1.32 bits per heavy atom. The van der Waals surface area contributed by atoms with Gasteiger partial charge in [0, 0.05) is 0 Å². The summed E-state index contributed by atoms with van der Waals surface area (Å²) >= 11 is 0. The van der Waals surface area contributed by atoms with Crippen LogP contribution in [0.4, 0.5) is 0 Å². The Bertz CT molecular complexity index is 1260. The molecule has 0 nitrogen and oxygen atoms in total. The highest BCUT2D eigenvalue weighted by Gasteiger charge is 2.16. The normalized spacial score (nSPS) is 15.6. The number of hydrogen-bond donors (Lipinski definition) is 0.